The largest absolute Gasteiger partial charge is 0.423 e. The van der Waals surface area contributed by atoms with Gasteiger partial charge >= 0.3 is 5.63 Å². The number of fused-ring (bicyclic) bond motifs is 1. The van der Waals surface area contributed by atoms with Gasteiger partial charge in [-0.1, -0.05) is 27.7 Å². The van der Waals surface area contributed by atoms with Gasteiger partial charge in [0, 0.05) is 29.6 Å². The van der Waals surface area contributed by atoms with E-state index >= 15 is 0 Å². The van der Waals surface area contributed by atoms with Crippen molar-refractivity contribution in [1.29, 1.82) is 0 Å². The fourth-order valence-corrected chi connectivity index (χ4v) is 3.05. The molecule has 2 rings (SSSR count). The summed E-state index contributed by atoms with van der Waals surface area (Å²) in [6.45, 7) is 10.5. The van der Waals surface area contributed by atoms with Crippen LogP contribution in [0.3, 0.4) is 0 Å². The van der Waals surface area contributed by atoms with Gasteiger partial charge in [-0.2, -0.15) is 0 Å². The molecule has 2 aromatic rings. The van der Waals surface area contributed by atoms with Crippen LogP contribution >= 0.6 is 0 Å². The standard InChI is InChI=1S/C19H25NO3/c1-12(11-19(3,4)5)8-17(21)20-14-6-7-15-13(2)9-18(22)23-16(15)10-14/h6-7,9-10,12H,8,11H2,1-5H3,(H,20,21)/t12-/m0/s1. The van der Waals surface area contributed by atoms with E-state index in [9.17, 15) is 9.59 Å². The summed E-state index contributed by atoms with van der Waals surface area (Å²) in [4.78, 5) is 23.6. The molecular formula is C19H25NO3. The minimum Gasteiger partial charge on any atom is -0.423 e. The van der Waals surface area contributed by atoms with Crippen LogP contribution in [0.4, 0.5) is 5.69 Å². The SMILES string of the molecule is Cc1cc(=O)oc2cc(NC(=O)C[C@H](C)CC(C)(C)C)ccc12. The molecule has 0 spiro atoms. The second kappa shape index (κ2) is 6.57. The molecular weight excluding hydrogens is 290 g/mol. The Morgan fingerprint density at radius 3 is 2.61 bits per heavy atom. The van der Waals surface area contributed by atoms with Crippen molar-refractivity contribution in [2.45, 2.75) is 47.5 Å². The first-order valence-corrected chi connectivity index (χ1v) is 7.98. The molecule has 0 radical (unpaired) electrons. The average molecular weight is 315 g/mol. The van der Waals surface area contributed by atoms with Crippen molar-refractivity contribution < 1.29 is 9.21 Å². The van der Waals surface area contributed by atoms with Crippen molar-refractivity contribution in [3.63, 3.8) is 0 Å². The van der Waals surface area contributed by atoms with Crippen LogP contribution in [-0.2, 0) is 4.79 Å². The summed E-state index contributed by atoms with van der Waals surface area (Å²) < 4.78 is 5.20. The molecule has 0 bridgehead atoms. The molecule has 0 aliphatic rings. The molecule has 1 amide bonds. The first kappa shape index (κ1) is 17.3. The van der Waals surface area contributed by atoms with Gasteiger partial charge in [0.2, 0.25) is 5.91 Å². The number of aryl methyl sites for hydroxylation is 1. The Balaban J connectivity index is 2.09. The highest BCUT2D eigenvalue weighted by Crippen LogP contribution is 2.26. The lowest BCUT2D eigenvalue weighted by molar-refractivity contribution is -0.117. The number of nitrogens with one attached hydrogen (secondary N) is 1. The van der Waals surface area contributed by atoms with Crippen molar-refractivity contribution in [2.24, 2.45) is 11.3 Å². The normalized spacial score (nSPS) is 13.1. The van der Waals surface area contributed by atoms with E-state index < -0.39 is 0 Å². The molecule has 1 N–H and O–H groups in total. The number of amides is 1. The number of hydrogen-bond donors (Lipinski definition) is 1. The quantitative estimate of drug-likeness (QED) is 0.845. The van der Waals surface area contributed by atoms with Crippen molar-refractivity contribution in [3.8, 4) is 0 Å². The monoisotopic (exact) mass is 315 g/mol. The zero-order valence-corrected chi connectivity index (χ0v) is 14.5. The van der Waals surface area contributed by atoms with Gasteiger partial charge in [0.1, 0.15) is 5.58 Å². The summed E-state index contributed by atoms with van der Waals surface area (Å²) in [6.07, 6.45) is 1.47. The minimum atomic E-state index is -0.378. The predicted molar refractivity (Wildman–Crippen MR) is 93.7 cm³/mol. The lowest BCUT2D eigenvalue weighted by atomic mass is 9.84. The number of carbonyl (C=O) groups excluding carboxylic acids is 1. The smallest absolute Gasteiger partial charge is 0.336 e. The molecule has 1 aromatic heterocycles. The fraction of sp³-hybridized carbons (Fsp3) is 0.474. The molecule has 1 atom stereocenters. The Morgan fingerprint density at radius 2 is 1.96 bits per heavy atom. The van der Waals surface area contributed by atoms with Crippen molar-refractivity contribution in [2.75, 3.05) is 5.32 Å². The first-order valence-electron chi connectivity index (χ1n) is 7.98. The van der Waals surface area contributed by atoms with Crippen LogP contribution < -0.4 is 10.9 Å². The van der Waals surface area contributed by atoms with Gasteiger partial charge in [-0.15, -0.1) is 0 Å². The molecule has 0 unspecified atom stereocenters. The number of hydrogen-bond acceptors (Lipinski definition) is 3. The van der Waals surface area contributed by atoms with Gasteiger partial charge in [0.15, 0.2) is 0 Å². The van der Waals surface area contributed by atoms with Gasteiger partial charge in [-0.25, -0.2) is 4.79 Å². The van der Waals surface area contributed by atoms with Crippen molar-refractivity contribution in [1.82, 2.24) is 0 Å². The fourth-order valence-electron chi connectivity index (χ4n) is 3.05. The second-order valence-corrected chi connectivity index (χ2v) is 7.58. The second-order valence-electron chi connectivity index (χ2n) is 7.58. The van der Waals surface area contributed by atoms with Crippen LogP contribution in [0.5, 0.6) is 0 Å². The third-order valence-electron chi connectivity index (χ3n) is 3.73. The molecule has 4 nitrogen and oxygen atoms in total. The molecule has 0 fully saturated rings. The van der Waals surface area contributed by atoms with E-state index in [1.807, 2.05) is 19.1 Å². The highest BCUT2D eigenvalue weighted by atomic mass is 16.4. The van der Waals surface area contributed by atoms with E-state index in [2.05, 4.69) is 33.0 Å². The molecule has 0 aliphatic heterocycles. The van der Waals surface area contributed by atoms with Crippen LogP contribution in [0.15, 0.2) is 33.5 Å². The van der Waals surface area contributed by atoms with Crippen LogP contribution in [0.2, 0.25) is 0 Å². The van der Waals surface area contributed by atoms with Gasteiger partial charge < -0.3 is 9.73 Å². The lowest BCUT2D eigenvalue weighted by Gasteiger charge is -2.22. The summed E-state index contributed by atoms with van der Waals surface area (Å²) in [5.41, 5.74) is 1.85. The summed E-state index contributed by atoms with van der Waals surface area (Å²) in [7, 11) is 0. The van der Waals surface area contributed by atoms with E-state index in [0.29, 0.717) is 23.6 Å². The van der Waals surface area contributed by atoms with Gasteiger partial charge in [0.05, 0.1) is 0 Å². The maximum atomic E-state index is 12.2. The van der Waals surface area contributed by atoms with Gasteiger partial charge in [-0.05, 0) is 42.4 Å². The molecule has 23 heavy (non-hydrogen) atoms. The van der Waals surface area contributed by atoms with Crippen LogP contribution in [0.25, 0.3) is 11.0 Å². The van der Waals surface area contributed by atoms with E-state index in [4.69, 9.17) is 4.42 Å². The zero-order chi connectivity index (χ0) is 17.2. The number of rotatable bonds is 4. The van der Waals surface area contributed by atoms with Crippen LogP contribution in [0, 0.1) is 18.3 Å². The molecule has 1 heterocycles. The van der Waals surface area contributed by atoms with E-state index in [-0.39, 0.29) is 16.9 Å². The number of carbonyl (C=O) groups is 1. The molecule has 1 aromatic carbocycles. The molecule has 0 aliphatic carbocycles. The first-order chi connectivity index (χ1) is 10.6. The van der Waals surface area contributed by atoms with Crippen molar-refractivity contribution >= 4 is 22.6 Å². The Hall–Kier alpha value is -2.10. The van der Waals surface area contributed by atoms with Crippen LogP contribution in [0.1, 0.15) is 46.1 Å². The molecule has 0 saturated carbocycles. The van der Waals surface area contributed by atoms with Crippen molar-refractivity contribution in [3.05, 3.63) is 40.2 Å². The Bertz CT molecular complexity index is 768. The minimum absolute atomic E-state index is 0.0175. The van der Waals surface area contributed by atoms with E-state index in [1.54, 1.807) is 6.07 Å². The highest BCUT2D eigenvalue weighted by Gasteiger charge is 2.18. The summed E-state index contributed by atoms with van der Waals surface area (Å²) in [5, 5.41) is 3.77. The molecule has 124 valence electrons. The Morgan fingerprint density at radius 1 is 1.26 bits per heavy atom. The average Bonchev–Trinajstić information content (AvgIpc) is 2.34. The summed E-state index contributed by atoms with van der Waals surface area (Å²) in [6, 6.07) is 6.87. The molecule has 4 heteroatoms. The van der Waals surface area contributed by atoms with E-state index in [1.165, 1.54) is 6.07 Å². The maximum Gasteiger partial charge on any atom is 0.336 e. The zero-order valence-electron chi connectivity index (χ0n) is 14.5. The van der Waals surface area contributed by atoms with Gasteiger partial charge in [-0.3, -0.25) is 4.79 Å². The summed E-state index contributed by atoms with van der Waals surface area (Å²) in [5.74, 6) is 0.298. The number of anilines is 1. The molecule has 0 saturated heterocycles. The summed E-state index contributed by atoms with van der Waals surface area (Å²) >= 11 is 0. The third-order valence-corrected chi connectivity index (χ3v) is 3.73. The highest BCUT2D eigenvalue weighted by molar-refractivity contribution is 5.93. The third kappa shape index (κ3) is 4.95. The van der Waals surface area contributed by atoms with E-state index in [0.717, 1.165) is 17.4 Å². The lowest BCUT2D eigenvalue weighted by Crippen LogP contribution is -2.18. The van der Waals surface area contributed by atoms with Crippen LogP contribution in [-0.4, -0.2) is 5.91 Å². The predicted octanol–water partition coefficient (Wildman–Crippen LogP) is 4.50. The van der Waals surface area contributed by atoms with Gasteiger partial charge in [0.25, 0.3) is 0 Å². The maximum absolute atomic E-state index is 12.2. The number of benzene rings is 1. The Kier molecular flexibility index (Phi) is 4.93. The topological polar surface area (TPSA) is 59.3 Å². The Labute approximate surface area is 136 Å².